The SMILES string of the molecule is Cc1ccc(=O)n(CCc2cncc(Cl)c2)n1. The first kappa shape index (κ1) is 11.8. The molecule has 0 aliphatic carbocycles. The number of rotatable bonds is 3. The van der Waals surface area contributed by atoms with Gasteiger partial charge < -0.3 is 0 Å². The lowest BCUT2D eigenvalue weighted by atomic mass is 10.2. The molecule has 0 fully saturated rings. The minimum absolute atomic E-state index is 0.0920. The van der Waals surface area contributed by atoms with E-state index in [1.54, 1.807) is 18.5 Å². The normalized spacial score (nSPS) is 10.5. The number of aromatic nitrogens is 3. The van der Waals surface area contributed by atoms with Crippen LogP contribution in [0, 0.1) is 6.92 Å². The second-order valence-electron chi connectivity index (χ2n) is 3.80. The van der Waals surface area contributed by atoms with Gasteiger partial charge in [0.15, 0.2) is 0 Å². The summed E-state index contributed by atoms with van der Waals surface area (Å²) in [6.07, 6.45) is 4.01. The van der Waals surface area contributed by atoms with Crippen molar-refractivity contribution in [3.8, 4) is 0 Å². The van der Waals surface area contributed by atoms with Crippen LogP contribution in [0.2, 0.25) is 5.02 Å². The van der Waals surface area contributed by atoms with Gasteiger partial charge in [-0.2, -0.15) is 5.10 Å². The van der Waals surface area contributed by atoms with Crippen LogP contribution in [0.5, 0.6) is 0 Å². The first-order chi connectivity index (χ1) is 8.15. The highest BCUT2D eigenvalue weighted by Gasteiger charge is 2.00. The summed E-state index contributed by atoms with van der Waals surface area (Å²) >= 11 is 5.84. The van der Waals surface area contributed by atoms with Gasteiger partial charge in [0.25, 0.3) is 5.56 Å². The summed E-state index contributed by atoms with van der Waals surface area (Å²) in [6, 6.07) is 5.08. The molecule has 0 radical (unpaired) electrons. The summed E-state index contributed by atoms with van der Waals surface area (Å²) in [7, 11) is 0. The Bertz CT molecular complexity index is 580. The molecule has 0 bridgehead atoms. The lowest BCUT2D eigenvalue weighted by molar-refractivity contribution is 0.570. The van der Waals surface area contributed by atoms with Gasteiger partial charge in [-0.25, -0.2) is 4.68 Å². The molecule has 0 unspecified atom stereocenters. The standard InChI is InChI=1S/C12H12ClN3O/c1-9-2-3-12(17)16(15-9)5-4-10-6-11(13)8-14-7-10/h2-3,6-8H,4-5H2,1H3. The zero-order chi connectivity index (χ0) is 12.3. The number of nitrogens with zero attached hydrogens (tertiary/aromatic N) is 3. The second-order valence-corrected chi connectivity index (χ2v) is 4.23. The average molecular weight is 250 g/mol. The van der Waals surface area contributed by atoms with Gasteiger partial charge in [-0.1, -0.05) is 11.6 Å². The van der Waals surface area contributed by atoms with Gasteiger partial charge in [-0.15, -0.1) is 0 Å². The van der Waals surface area contributed by atoms with Crippen molar-refractivity contribution in [2.45, 2.75) is 19.9 Å². The molecule has 0 saturated heterocycles. The monoisotopic (exact) mass is 249 g/mol. The molecule has 0 spiro atoms. The Morgan fingerprint density at radius 1 is 1.35 bits per heavy atom. The predicted octanol–water partition coefficient (Wildman–Crippen LogP) is 1.84. The summed E-state index contributed by atoms with van der Waals surface area (Å²) in [4.78, 5) is 15.5. The van der Waals surface area contributed by atoms with E-state index in [2.05, 4.69) is 10.1 Å². The zero-order valence-corrected chi connectivity index (χ0v) is 10.2. The van der Waals surface area contributed by atoms with Gasteiger partial charge in [0.05, 0.1) is 10.7 Å². The van der Waals surface area contributed by atoms with Crippen molar-refractivity contribution in [2.75, 3.05) is 0 Å². The van der Waals surface area contributed by atoms with Crippen LogP contribution in [-0.2, 0) is 13.0 Å². The second kappa shape index (κ2) is 5.10. The molecular weight excluding hydrogens is 238 g/mol. The van der Waals surface area contributed by atoms with Gasteiger partial charge in [0.2, 0.25) is 0 Å². The lowest BCUT2D eigenvalue weighted by Gasteiger charge is -2.05. The van der Waals surface area contributed by atoms with E-state index >= 15 is 0 Å². The van der Waals surface area contributed by atoms with E-state index in [1.165, 1.54) is 10.7 Å². The maximum atomic E-state index is 11.5. The molecular formula is C12H12ClN3O. The van der Waals surface area contributed by atoms with Gasteiger partial charge in [-0.3, -0.25) is 9.78 Å². The molecule has 5 heteroatoms. The van der Waals surface area contributed by atoms with Crippen molar-refractivity contribution in [1.29, 1.82) is 0 Å². The Kier molecular flexibility index (Phi) is 3.54. The summed E-state index contributed by atoms with van der Waals surface area (Å²) in [5, 5.41) is 4.76. The Morgan fingerprint density at radius 3 is 2.94 bits per heavy atom. The van der Waals surface area contributed by atoms with Crippen molar-refractivity contribution in [3.05, 3.63) is 57.2 Å². The van der Waals surface area contributed by atoms with E-state index < -0.39 is 0 Å². The molecule has 0 N–H and O–H groups in total. The predicted molar refractivity (Wildman–Crippen MR) is 66.2 cm³/mol. The fraction of sp³-hybridized carbons (Fsp3) is 0.250. The molecule has 17 heavy (non-hydrogen) atoms. The molecule has 0 atom stereocenters. The number of pyridine rings is 1. The largest absolute Gasteiger partial charge is 0.268 e. The summed E-state index contributed by atoms with van der Waals surface area (Å²) in [5.41, 5.74) is 1.73. The fourth-order valence-electron chi connectivity index (χ4n) is 1.54. The topological polar surface area (TPSA) is 47.8 Å². The fourth-order valence-corrected chi connectivity index (χ4v) is 1.74. The van der Waals surface area contributed by atoms with Crippen molar-refractivity contribution in [3.63, 3.8) is 0 Å². The zero-order valence-electron chi connectivity index (χ0n) is 9.43. The van der Waals surface area contributed by atoms with Gasteiger partial charge in [0.1, 0.15) is 0 Å². The van der Waals surface area contributed by atoms with E-state index in [0.717, 1.165) is 11.3 Å². The first-order valence-electron chi connectivity index (χ1n) is 5.29. The molecule has 0 amide bonds. The Hall–Kier alpha value is -1.68. The maximum Gasteiger partial charge on any atom is 0.266 e. The average Bonchev–Trinajstić information content (AvgIpc) is 2.30. The van der Waals surface area contributed by atoms with Gasteiger partial charge in [-0.05, 0) is 31.0 Å². The van der Waals surface area contributed by atoms with Crippen LogP contribution in [0.15, 0.2) is 35.4 Å². The summed E-state index contributed by atoms with van der Waals surface area (Å²) < 4.78 is 1.45. The molecule has 88 valence electrons. The highest BCUT2D eigenvalue weighted by molar-refractivity contribution is 6.30. The Morgan fingerprint density at radius 2 is 2.18 bits per heavy atom. The molecule has 4 nitrogen and oxygen atoms in total. The molecule has 0 aliphatic heterocycles. The Labute approximate surface area is 104 Å². The molecule has 0 aromatic carbocycles. The van der Waals surface area contributed by atoms with E-state index in [-0.39, 0.29) is 5.56 Å². The number of hydrogen-bond donors (Lipinski definition) is 0. The van der Waals surface area contributed by atoms with Crippen molar-refractivity contribution >= 4 is 11.6 Å². The molecule has 0 aliphatic rings. The third-order valence-corrected chi connectivity index (χ3v) is 2.58. The highest BCUT2D eigenvalue weighted by Crippen LogP contribution is 2.09. The third kappa shape index (κ3) is 3.14. The minimum atomic E-state index is -0.0920. The third-order valence-electron chi connectivity index (χ3n) is 2.37. The van der Waals surface area contributed by atoms with Crippen LogP contribution in [-0.4, -0.2) is 14.8 Å². The molecule has 2 rings (SSSR count). The Balaban J connectivity index is 2.12. The first-order valence-corrected chi connectivity index (χ1v) is 5.67. The van der Waals surface area contributed by atoms with E-state index in [9.17, 15) is 4.79 Å². The van der Waals surface area contributed by atoms with E-state index in [0.29, 0.717) is 18.0 Å². The minimum Gasteiger partial charge on any atom is -0.268 e. The molecule has 2 heterocycles. The van der Waals surface area contributed by atoms with E-state index in [4.69, 9.17) is 11.6 Å². The van der Waals surface area contributed by atoms with Gasteiger partial charge in [0, 0.05) is 25.0 Å². The van der Waals surface area contributed by atoms with Crippen LogP contribution < -0.4 is 5.56 Å². The number of aryl methyl sites for hydroxylation is 3. The van der Waals surface area contributed by atoms with Crippen LogP contribution in [0.25, 0.3) is 0 Å². The molecule has 0 saturated carbocycles. The quantitative estimate of drug-likeness (QED) is 0.834. The molecule has 2 aromatic heterocycles. The van der Waals surface area contributed by atoms with Crippen molar-refractivity contribution in [1.82, 2.24) is 14.8 Å². The van der Waals surface area contributed by atoms with E-state index in [1.807, 2.05) is 13.0 Å². The molecule has 2 aromatic rings. The smallest absolute Gasteiger partial charge is 0.266 e. The van der Waals surface area contributed by atoms with Gasteiger partial charge >= 0.3 is 0 Å². The van der Waals surface area contributed by atoms with Crippen LogP contribution in [0.1, 0.15) is 11.3 Å². The summed E-state index contributed by atoms with van der Waals surface area (Å²) in [6.45, 7) is 2.39. The number of hydrogen-bond acceptors (Lipinski definition) is 3. The highest BCUT2D eigenvalue weighted by atomic mass is 35.5. The van der Waals surface area contributed by atoms with Crippen LogP contribution >= 0.6 is 11.6 Å². The lowest BCUT2D eigenvalue weighted by Crippen LogP contribution is -2.23. The number of halogens is 1. The summed E-state index contributed by atoms with van der Waals surface area (Å²) in [5.74, 6) is 0. The van der Waals surface area contributed by atoms with Crippen molar-refractivity contribution in [2.24, 2.45) is 0 Å². The van der Waals surface area contributed by atoms with Crippen molar-refractivity contribution < 1.29 is 0 Å². The van der Waals surface area contributed by atoms with Crippen LogP contribution in [0.4, 0.5) is 0 Å². The maximum absolute atomic E-state index is 11.5. The van der Waals surface area contributed by atoms with Crippen LogP contribution in [0.3, 0.4) is 0 Å².